The summed E-state index contributed by atoms with van der Waals surface area (Å²) in [5.41, 5.74) is 2.32. The van der Waals surface area contributed by atoms with Crippen LogP contribution in [0, 0.1) is 5.92 Å². The summed E-state index contributed by atoms with van der Waals surface area (Å²) >= 11 is 0. The van der Waals surface area contributed by atoms with Crippen LogP contribution in [0.5, 0.6) is 0 Å². The number of halogens is 2. The van der Waals surface area contributed by atoms with Crippen LogP contribution in [0.4, 0.5) is 8.78 Å². The predicted molar refractivity (Wildman–Crippen MR) is 120 cm³/mol. The van der Waals surface area contributed by atoms with Crippen molar-refractivity contribution in [3.05, 3.63) is 24.3 Å². The SMILES string of the molecule is CCC1CC(NS(=O)(=O)CCN2CCC(F)(F)CC2)CC1c1nnc2cnc3[nH]ccc3n12. The van der Waals surface area contributed by atoms with E-state index in [9.17, 15) is 17.2 Å². The average Bonchev–Trinajstić information content (AvgIpc) is 3.49. The molecule has 3 aromatic rings. The quantitative estimate of drug-likeness (QED) is 0.537. The molecule has 1 saturated heterocycles. The molecule has 2 aliphatic rings. The Morgan fingerprint density at radius 2 is 2.03 bits per heavy atom. The zero-order valence-corrected chi connectivity index (χ0v) is 19.4. The van der Waals surface area contributed by atoms with E-state index >= 15 is 0 Å². The highest BCUT2D eigenvalue weighted by atomic mass is 32.2. The Kier molecular flexibility index (Phi) is 5.86. The third-order valence-electron chi connectivity index (χ3n) is 7.13. The fourth-order valence-corrected chi connectivity index (χ4v) is 6.61. The largest absolute Gasteiger partial charge is 0.345 e. The van der Waals surface area contributed by atoms with Crippen molar-refractivity contribution in [3.8, 4) is 0 Å². The van der Waals surface area contributed by atoms with Gasteiger partial charge in [-0.05, 0) is 24.8 Å². The number of nitrogens with zero attached hydrogens (tertiary/aromatic N) is 5. The van der Waals surface area contributed by atoms with Gasteiger partial charge in [-0.2, -0.15) is 0 Å². The van der Waals surface area contributed by atoms with Gasteiger partial charge in [0.05, 0.1) is 17.5 Å². The molecule has 4 heterocycles. The van der Waals surface area contributed by atoms with E-state index in [1.807, 2.05) is 16.7 Å². The van der Waals surface area contributed by atoms with Gasteiger partial charge in [0.25, 0.3) is 5.92 Å². The lowest BCUT2D eigenvalue weighted by atomic mass is 9.93. The summed E-state index contributed by atoms with van der Waals surface area (Å²) in [6, 6.07) is 1.75. The molecule has 0 bridgehead atoms. The van der Waals surface area contributed by atoms with Crippen molar-refractivity contribution in [2.24, 2.45) is 5.92 Å². The standard InChI is InChI=1S/C21H29F2N7O2S/c1-2-14-11-15(28-33(31,32)10-9-29-7-4-21(22,23)5-8-29)12-16(14)20-27-26-18-13-25-19-17(30(18)20)3-6-24-19/h3,6,13-16,24,28H,2,4-5,7-12H2,1H3. The van der Waals surface area contributed by atoms with Crippen LogP contribution in [-0.4, -0.2) is 75.2 Å². The Morgan fingerprint density at radius 1 is 1.24 bits per heavy atom. The Balaban J connectivity index is 1.27. The van der Waals surface area contributed by atoms with Gasteiger partial charge in [0, 0.05) is 50.6 Å². The minimum Gasteiger partial charge on any atom is -0.345 e. The first-order valence-corrected chi connectivity index (χ1v) is 13.2. The summed E-state index contributed by atoms with van der Waals surface area (Å²) in [5.74, 6) is -1.53. The lowest BCUT2D eigenvalue weighted by Gasteiger charge is -2.31. The van der Waals surface area contributed by atoms with Crippen LogP contribution >= 0.6 is 0 Å². The summed E-state index contributed by atoms with van der Waals surface area (Å²) in [6.45, 7) is 2.84. The molecular weight excluding hydrogens is 452 g/mol. The molecule has 180 valence electrons. The minimum atomic E-state index is -3.52. The van der Waals surface area contributed by atoms with Gasteiger partial charge in [-0.3, -0.25) is 4.40 Å². The van der Waals surface area contributed by atoms with Crippen molar-refractivity contribution in [2.45, 2.75) is 56.9 Å². The predicted octanol–water partition coefficient (Wildman–Crippen LogP) is 2.53. The number of nitrogens with one attached hydrogen (secondary N) is 2. The molecule has 2 N–H and O–H groups in total. The fraction of sp³-hybridized carbons (Fsp3) is 0.667. The number of aromatic amines is 1. The van der Waals surface area contributed by atoms with Crippen molar-refractivity contribution < 1.29 is 17.2 Å². The van der Waals surface area contributed by atoms with Crippen molar-refractivity contribution in [1.29, 1.82) is 0 Å². The molecule has 12 heteroatoms. The van der Waals surface area contributed by atoms with Crippen LogP contribution in [0.15, 0.2) is 18.5 Å². The van der Waals surface area contributed by atoms with Gasteiger partial charge in [0.1, 0.15) is 5.82 Å². The number of hydrogen-bond donors (Lipinski definition) is 2. The average molecular weight is 482 g/mol. The monoisotopic (exact) mass is 481 g/mol. The zero-order chi connectivity index (χ0) is 23.2. The maximum absolute atomic E-state index is 13.3. The van der Waals surface area contributed by atoms with E-state index in [-0.39, 0.29) is 56.1 Å². The molecule has 3 unspecified atom stereocenters. The number of fused-ring (bicyclic) bond motifs is 3. The topological polar surface area (TPSA) is 108 Å². The maximum Gasteiger partial charge on any atom is 0.250 e. The number of rotatable bonds is 7. The number of likely N-dealkylation sites (tertiary alicyclic amines) is 1. The molecule has 1 aliphatic heterocycles. The first-order valence-electron chi connectivity index (χ1n) is 11.5. The highest BCUT2D eigenvalue weighted by Gasteiger charge is 2.39. The number of piperidine rings is 1. The number of hydrogen-bond acceptors (Lipinski definition) is 6. The third-order valence-corrected chi connectivity index (χ3v) is 8.54. The Morgan fingerprint density at radius 3 is 2.79 bits per heavy atom. The molecule has 9 nitrogen and oxygen atoms in total. The molecule has 0 aromatic carbocycles. The van der Waals surface area contributed by atoms with Crippen LogP contribution in [0.2, 0.25) is 0 Å². The zero-order valence-electron chi connectivity index (χ0n) is 18.5. The summed E-state index contributed by atoms with van der Waals surface area (Å²) < 4.78 is 57.1. The van der Waals surface area contributed by atoms with Crippen molar-refractivity contribution in [1.82, 2.24) is 34.2 Å². The van der Waals surface area contributed by atoms with Gasteiger partial charge in [-0.15, -0.1) is 10.2 Å². The second-order valence-corrected chi connectivity index (χ2v) is 11.2. The summed E-state index contributed by atoms with van der Waals surface area (Å²) in [5, 5.41) is 8.75. The van der Waals surface area contributed by atoms with Crippen LogP contribution < -0.4 is 4.72 Å². The highest BCUT2D eigenvalue weighted by Crippen LogP contribution is 2.41. The summed E-state index contributed by atoms with van der Waals surface area (Å²) in [7, 11) is -3.52. The van der Waals surface area contributed by atoms with E-state index in [1.165, 1.54) is 0 Å². The molecule has 3 atom stereocenters. The number of aromatic nitrogens is 5. The molecule has 1 saturated carbocycles. The van der Waals surface area contributed by atoms with Crippen LogP contribution in [0.25, 0.3) is 16.8 Å². The number of H-pyrrole nitrogens is 1. The lowest BCUT2D eigenvalue weighted by Crippen LogP contribution is -2.43. The normalized spacial score (nSPS) is 26.5. The van der Waals surface area contributed by atoms with Crippen molar-refractivity contribution >= 4 is 26.8 Å². The fourth-order valence-electron chi connectivity index (χ4n) is 5.29. The minimum absolute atomic E-state index is 0.0718. The van der Waals surface area contributed by atoms with Gasteiger partial charge >= 0.3 is 0 Å². The molecule has 0 spiro atoms. The Labute approximate surface area is 191 Å². The highest BCUT2D eigenvalue weighted by molar-refractivity contribution is 7.89. The first-order chi connectivity index (χ1) is 15.7. The van der Waals surface area contributed by atoms with E-state index < -0.39 is 15.9 Å². The van der Waals surface area contributed by atoms with Crippen LogP contribution in [0.1, 0.15) is 50.8 Å². The number of alkyl halides is 2. The van der Waals surface area contributed by atoms with E-state index in [4.69, 9.17) is 0 Å². The second kappa shape index (κ2) is 8.55. The van der Waals surface area contributed by atoms with E-state index in [1.54, 1.807) is 11.1 Å². The van der Waals surface area contributed by atoms with Crippen molar-refractivity contribution in [2.75, 3.05) is 25.4 Å². The van der Waals surface area contributed by atoms with E-state index in [0.29, 0.717) is 12.1 Å². The molecule has 0 amide bonds. The first kappa shape index (κ1) is 22.6. The summed E-state index contributed by atoms with van der Waals surface area (Å²) in [4.78, 5) is 9.27. The summed E-state index contributed by atoms with van der Waals surface area (Å²) in [6.07, 6.45) is 5.37. The van der Waals surface area contributed by atoms with Gasteiger partial charge in [0.2, 0.25) is 10.0 Å². The molecule has 33 heavy (non-hydrogen) atoms. The third kappa shape index (κ3) is 4.60. The van der Waals surface area contributed by atoms with Gasteiger partial charge in [0.15, 0.2) is 11.3 Å². The molecule has 5 rings (SSSR count). The van der Waals surface area contributed by atoms with E-state index in [0.717, 1.165) is 29.8 Å². The number of sulfonamides is 1. The van der Waals surface area contributed by atoms with Gasteiger partial charge in [-0.25, -0.2) is 26.9 Å². The lowest BCUT2D eigenvalue weighted by molar-refractivity contribution is -0.0539. The maximum atomic E-state index is 13.3. The van der Waals surface area contributed by atoms with E-state index in [2.05, 4.69) is 31.8 Å². The molecule has 3 aromatic heterocycles. The molecular formula is C21H29F2N7O2S. The molecule has 1 aliphatic carbocycles. The van der Waals surface area contributed by atoms with Crippen LogP contribution in [-0.2, 0) is 10.0 Å². The molecule has 0 radical (unpaired) electrons. The molecule has 2 fully saturated rings. The van der Waals surface area contributed by atoms with Gasteiger partial charge < -0.3 is 9.88 Å². The van der Waals surface area contributed by atoms with Crippen molar-refractivity contribution in [3.63, 3.8) is 0 Å². The second-order valence-electron chi connectivity index (χ2n) is 9.30. The van der Waals surface area contributed by atoms with Crippen LogP contribution in [0.3, 0.4) is 0 Å². The van der Waals surface area contributed by atoms with Gasteiger partial charge in [-0.1, -0.05) is 13.3 Å². The Bertz CT molecular complexity index is 1230. The smallest absolute Gasteiger partial charge is 0.250 e. The Hall–Kier alpha value is -2.18.